The van der Waals surface area contributed by atoms with Gasteiger partial charge in [-0.25, -0.2) is 13.4 Å². The number of piperazine rings is 1. The minimum atomic E-state index is -3.33. The van der Waals surface area contributed by atoms with Gasteiger partial charge in [0.1, 0.15) is 5.82 Å². The number of rotatable bonds is 5. The number of anilines is 1. The van der Waals surface area contributed by atoms with Crippen molar-refractivity contribution in [1.82, 2.24) is 15.2 Å². The van der Waals surface area contributed by atoms with Crippen molar-refractivity contribution in [3.63, 3.8) is 0 Å². The molecule has 0 unspecified atom stereocenters. The molecule has 1 aliphatic rings. The van der Waals surface area contributed by atoms with Crippen LogP contribution in [0.3, 0.4) is 0 Å². The molecule has 1 aromatic heterocycles. The van der Waals surface area contributed by atoms with Gasteiger partial charge in [-0.2, -0.15) is 0 Å². The molecular formula is C12H20N4O2S. The topological polar surface area (TPSA) is 74.3 Å². The first kappa shape index (κ1) is 14.2. The van der Waals surface area contributed by atoms with Crippen LogP contribution in [0.2, 0.25) is 0 Å². The molecule has 1 aliphatic heterocycles. The van der Waals surface area contributed by atoms with Gasteiger partial charge in [-0.1, -0.05) is 0 Å². The summed E-state index contributed by atoms with van der Waals surface area (Å²) in [5, 5.41) is 3.24. The maximum atomic E-state index is 12.0. The minimum absolute atomic E-state index is 0.0998. The molecule has 2 rings (SSSR count). The number of hydrogen-bond acceptors (Lipinski definition) is 5. The van der Waals surface area contributed by atoms with Crippen LogP contribution >= 0.6 is 0 Å². The van der Waals surface area contributed by atoms with Crippen LogP contribution in [0.4, 0.5) is 5.82 Å². The zero-order valence-electron chi connectivity index (χ0n) is 11.1. The Bertz CT molecular complexity index is 512. The molecule has 0 radical (unpaired) electrons. The van der Waals surface area contributed by atoms with E-state index in [9.17, 15) is 8.42 Å². The van der Waals surface area contributed by atoms with E-state index in [4.69, 9.17) is 0 Å². The summed E-state index contributed by atoms with van der Waals surface area (Å²) in [7, 11) is -3.33. The summed E-state index contributed by atoms with van der Waals surface area (Å²) in [6, 6.07) is 3.56. The number of hydrogen-bond donors (Lipinski definition) is 2. The van der Waals surface area contributed by atoms with E-state index in [1.807, 2.05) is 13.0 Å². The third-order valence-electron chi connectivity index (χ3n) is 3.06. The molecule has 0 aliphatic carbocycles. The average Bonchev–Trinajstić information content (AvgIpc) is 2.37. The molecule has 7 heteroatoms. The van der Waals surface area contributed by atoms with E-state index in [0.717, 1.165) is 31.7 Å². The van der Waals surface area contributed by atoms with Crippen molar-refractivity contribution < 1.29 is 8.42 Å². The first-order valence-corrected chi connectivity index (χ1v) is 8.07. The second-order valence-corrected chi connectivity index (χ2v) is 6.57. The molecule has 0 atom stereocenters. The van der Waals surface area contributed by atoms with Crippen LogP contribution in [-0.4, -0.2) is 56.8 Å². The summed E-state index contributed by atoms with van der Waals surface area (Å²) in [6.07, 6.45) is 1.60. The summed E-state index contributed by atoms with van der Waals surface area (Å²) in [5.41, 5.74) is 0.981. The van der Waals surface area contributed by atoms with Gasteiger partial charge in [0.05, 0.1) is 5.75 Å². The number of nitrogens with zero attached hydrogens (tertiary/aromatic N) is 2. The summed E-state index contributed by atoms with van der Waals surface area (Å²) in [6.45, 7) is 6.11. The Balaban J connectivity index is 1.87. The number of aryl methyl sites for hydroxylation is 1. The highest BCUT2D eigenvalue weighted by atomic mass is 32.2. The van der Waals surface area contributed by atoms with Crippen LogP contribution in [0.15, 0.2) is 18.3 Å². The van der Waals surface area contributed by atoms with E-state index in [0.29, 0.717) is 12.4 Å². The van der Waals surface area contributed by atoms with E-state index < -0.39 is 10.0 Å². The van der Waals surface area contributed by atoms with Crippen molar-refractivity contribution in [3.8, 4) is 0 Å². The van der Waals surface area contributed by atoms with Crippen LogP contribution in [-0.2, 0) is 10.0 Å². The first-order valence-electron chi connectivity index (χ1n) is 6.41. The third-order valence-corrected chi connectivity index (χ3v) is 4.30. The zero-order chi connectivity index (χ0) is 13.7. The Kier molecular flexibility index (Phi) is 4.73. The van der Waals surface area contributed by atoms with Gasteiger partial charge in [0.15, 0.2) is 0 Å². The minimum Gasteiger partial charge on any atom is -0.314 e. The largest absolute Gasteiger partial charge is 0.314 e. The predicted molar refractivity (Wildman–Crippen MR) is 75.7 cm³/mol. The molecule has 6 nitrogen and oxygen atoms in total. The molecule has 106 valence electrons. The average molecular weight is 284 g/mol. The van der Waals surface area contributed by atoms with Crippen molar-refractivity contribution in [3.05, 3.63) is 23.9 Å². The molecule has 0 aromatic carbocycles. The monoisotopic (exact) mass is 284 g/mol. The Morgan fingerprint density at radius 2 is 2.16 bits per heavy atom. The molecule has 0 saturated carbocycles. The van der Waals surface area contributed by atoms with Gasteiger partial charge in [0.25, 0.3) is 0 Å². The van der Waals surface area contributed by atoms with Gasteiger partial charge in [0, 0.05) is 38.9 Å². The molecule has 2 N–H and O–H groups in total. The van der Waals surface area contributed by atoms with Crippen molar-refractivity contribution in [1.29, 1.82) is 0 Å². The highest BCUT2D eigenvalue weighted by Gasteiger charge is 2.15. The third kappa shape index (κ3) is 4.77. The fourth-order valence-electron chi connectivity index (χ4n) is 1.99. The van der Waals surface area contributed by atoms with Crippen LogP contribution in [0.1, 0.15) is 5.56 Å². The Labute approximate surface area is 114 Å². The number of pyridine rings is 1. The number of nitrogens with one attached hydrogen (secondary N) is 2. The second-order valence-electron chi connectivity index (χ2n) is 4.73. The molecular weight excluding hydrogens is 264 g/mol. The van der Waals surface area contributed by atoms with Gasteiger partial charge in [-0.15, -0.1) is 0 Å². The normalized spacial score (nSPS) is 17.3. The molecule has 1 aromatic rings. The van der Waals surface area contributed by atoms with Gasteiger partial charge in [-0.3, -0.25) is 9.62 Å². The van der Waals surface area contributed by atoms with E-state index in [1.54, 1.807) is 12.3 Å². The molecule has 1 fully saturated rings. The van der Waals surface area contributed by atoms with Crippen LogP contribution in [0.5, 0.6) is 0 Å². The summed E-state index contributed by atoms with van der Waals surface area (Å²) < 4.78 is 26.4. The zero-order valence-corrected chi connectivity index (χ0v) is 11.9. The number of aromatic nitrogens is 1. The van der Waals surface area contributed by atoms with Gasteiger partial charge in [0.2, 0.25) is 10.0 Å². The SMILES string of the molecule is Cc1ccnc(NS(=O)(=O)CCN2CCNCC2)c1. The second kappa shape index (κ2) is 6.31. The lowest BCUT2D eigenvalue weighted by atomic mass is 10.3. The quantitative estimate of drug-likeness (QED) is 0.798. The van der Waals surface area contributed by atoms with Crippen molar-refractivity contribution >= 4 is 15.8 Å². The van der Waals surface area contributed by atoms with Gasteiger partial charge in [-0.05, 0) is 24.6 Å². The highest BCUT2D eigenvalue weighted by molar-refractivity contribution is 7.92. The van der Waals surface area contributed by atoms with Crippen molar-refractivity contribution in [2.75, 3.05) is 43.2 Å². The number of sulfonamides is 1. The summed E-state index contributed by atoms with van der Waals surface area (Å²) in [4.78, 5) is 6.16. The lowest BCUT2D eigenvalue weighted by Crippen LogP contribution is -2.45. The van der Waals surface area contributed by atoms with Crippen molar-refractivity contribution in [2.45, 2.75) is 6.92 Å². The summed E-state index contributed by atoms with van der Waals surface area (Å²) >= 11 is 0. The first-order chi connectivity index (χ1) is 9.05. The fraction of sp³-hybridized carbons (Fsp3) is 0.583. The molecule has 19 heavy (non-hydrogen) atoms. The van der Waals surface area contributed by atoms with Crippen LogP contribution in [0.25, 0.3) is 0 Å². The smallest absolute Gasteiger partial charge is 0.235 e. The Morgan fingerprint density at radius 3 is 2.84 bits per heavy atom. The standard InChI is InChI=1S/C12H20N4O2S/c1-11-2-3-14-12(10-11)15-19(17,18)9-8-16-6-4-13-5-7-16/h2-3,10,13H,4-9H2,1H3,(H,14,15). The molecule has 2 heterocycles. The van der Waals surface area contributed by atoms with Gasteiger partial charge < -0.3 is 5.32 Å². The molecule has 0 amide bonds. The summed E-state index contributed by atoms with van der Waals surface area (Å²) in [5.74, 6) is 0.489. The van der Waals surface area contributed by atoms with Crippen molar-refractivity contribution in [2.24, 2.45) is 0 Å². The molecule has 0 bridgehead atoms. The maximum absolute atomic E-state index is 12.0. The van der Waals surface area contributed by atoms with E-state index >= 15 is 0 Å². The van der Waals surface area contributed by atoms with Gasteiger partial charge >= 0.3 is 0 Å². The maximum Gasteiger partial charge on any atom is 0.235 e. The predicted octanol–water partition coefficient (Wildman–Crippen LogP) is 0.0369. The lowest BCUT2D eigenvalue weighted by Gasteiger charge is -2.26. The molecule has 0 spiro atoms. The van der Waals surface area contributed by atoms with E-state index in [-0.39, 0.29) is 5.75 Å². The Morgan fingerprint density at radius 1 is 1.42 bits per heavy atom. The molecule has 1 saturated heterocycles. The van der Waals surface area contributed by atoms with E-state index in [2.05, 4.69) is 19.9 Å². The van der Waals surface area contributed by atoms with E-state index in [1.165, 1.54) is 0 Å². The Hall–Kier alpha value is -1.18. The van der Waals surface area contributed by atoms with Crippen LogP contribution < -0.4 is 10.0 Å². The lowest BCUT2D eigenvalue weighted by molar-refractivity contribution is 0.254. The highest BCUT2D eigenvalue weighted by Crippen LogP contribution is 2.08. The fourth-order valence-corrected chi connectivity index (χ4v) is 3.02. The van der Waals surface area contributed by atoms with Crippen LogP contribution in [0, 0.1) is 6.92 Å².